The van der Waals surface area contributed by atoms with Crippen LogP contribution in [0.3, 0.4) is 0 Å². The Balaban J connectivity index is 3.36. The van der Waals surface area contributed by atoms with Gasteiger partial charge in [0.25, 0.3) is 0 Å². The molecular formula is C72H139NO5. The van der Waals surface area contributed by atoms with Crippen LogP contribution in [0.15, 0.2) is 24.3 Å². The lowest BCUT2D eigenvalue weighted by Crippen LogP contribution is -2.45. The molecule has 78 heavy (non-hydrogen) atoms. The van der Waals surface area contributed by atoms with E-state index in [-0.39, 0.29) is 18.5 Å². The molecule has 0 aromatic carbocycles. The second kappa shape index (κ2) is 67.8. The summed E-state index contributed by atoms with van der Waals surface area (Å²) in [6, 6.07) is -0.539. The first-order chi connectivity index (χ1) is 38.5. The zero-order valence-corrected chi connectivity index (χ0v) is 52.9. The van der Waals surface area contributed by atoms with Gasteiger partial charge in [0.15, 0.2) is 0 Å². The van der Waals surface area contributed by atoms with Gasteiger partial charge in [-0.25, -0.2) is 0 Å². The van der Waals surface area contributed by atoms with Crippen molar-refractivity contribution in [1.29, 1.82) is 0 Å². The number of aliphatic hydroxyl groups excluding tert-OH is 2. The molecule has 0 aliphatic heterocycles. The summed E-state index contributed by atoms with van der Waals surface area (Å²) in [5.41, 5.74) is 0. The number of nitrogens with one attached hydrogen (secondary N) is 1. The molecule has 0 aliphatic rings. The number of ether oxygens (including phenoxy) is 1. The normalized spacial score (nSPS) is 12.6. The van der Waals surface area contributed by atoms with Gasteiger partial charge in [-0.15, -0.1) is 0 Å². The minimum absolute atomic E-state index is 0.0177. The van der Waals surface area contributed by atoms with E-state index in [4.69, 9.17) is 4.74 Å². The fourth-order valence-corrected chi connectivity index (χ4v) is 11.3. The van der Waals surface area contributed by atoms with Crippen molar-refractivity contribution in [2.24, 2.45) is 0 Å². The Morgan fingerprint density at radius 1 is 0.359 bits per heavy atom. The molecule has 0 saturated carbocycles. The van der Waals surface area contributed by atoms with E-state index in [1.165, 1.54) is 321 Å². The molecule has 0 aromatic heterocycles. The lowest BCUT2D eigenvalue weighted by Gasteiger charge is -2.22. The second-order valence-electron chi connectivity index (χ2n) is 24.6. The van der Waals surface area contributed by atoms with E-state index in [1.54, 1.807) is 0 Å². The number of rotatable bonds is 67. The molecule has 1 amide bonds. The Labute approximate surface area is 488 Å². The molecule has 0 bridgehead atoms. The van der Waals surface area contributed by atoms with Gasteiger partial charge in [-0.1, -0.05) is 353 Å². The van der Waals surface area contributed by atoms with Crippen LogP contribution in [0.4, 0.5) is 0 Å². The quantitative estimate of drug-likeness (QED) is 0.0320. The molecule has 2 atom stereocenters. The van der Waals surface area contributed by atoms with Crippen molar-refractivity contribution < 1.29 is 24.5 Å². The largest absolute Gasteiger partial charge is 0.466 e. The third kappa shape index (κ3) is 63.5. The minimum atomic E-state index is -0.662. The molecular weight excluding hydrogens is 959 g/mol. The van der Waals surface area contributed by atoms with Crippen molar-refractivity contribution in [3.8, 4) is 0 Å². The maximum Gasteiger partial charge on any atom is 0.305 e. The number of carbonyl (C=O) groups excluding carboxylic acids is 2. The Kier molecular flexibility index (Phi) is 66.4. The number of allylic oxidation sites excluding steroid dienone is 4. The van der Waals surface area contributed by atoms with Crippen LogP contribution in [0.2, 0.25) is 0 Å². The second-order valence-corrected chi connectivity index (χ2v) is 24.6. The molecule has 0 fully saturated rings. The topological polar surface area (TPSA) is 95.9 Å². The highest BCUT2D eigenvalue weighted by Crippen LogP contribution is 2.19. The molecule has 6 nitrogen and oxygen atoms in total. The molecule has 2 unspecified atom stereocenters. The van der Waals surface area contributed by atoms with Gasteiger partial charge in [-0.2, -0.15) is 0 Å². The van der Waals surface area contributed by atoms with Crippen LogP contribution in [-0.4, -0.2) is 47.4 Å². The van der Waals surface area contributed by atoms with Crippen molar-refractivity contribution >= 4 is 11.9 Å². The standard InChI is InChI=1S/C72H139NO5/c1-3-5-7-9-11-13-15-17-37-42-46-50-54-58-62-66-72(77)78-67-63-59-55-51-47-43-39-36-34-32-30-28-26-24-22-20-18-19-21-23-25-27-29-31-33-35-38-41-45-49-53-57-61-65-71(76)73-69(68-74)70(75)64-60-56-52-48-44-40-16-14-12-10-8-6-4-2/h22,24,28,30,69-70,74-75H,3-21,23,25-27,29,31-68H2,1-2H3,(H,73,76)/b24-22-,30-28-. The van der Waals surface area contributed by atoms with Crippen molar-refractivity contribution in [1.82, 2.24) is 5.32 Å². The maximum absolute atomic E-state index is 12.5. The molecule has 0 aliphatic carbocycles. The van der Waals surface area contributed by atoms with Gasteiger partial charge in [-0.05, 0) is 57.8 Å². The number of aliphatic hydroxyl groups is 2. The van der Waals surface area contributed by atoms with Crippen LogP contribution < -0.4 is 5.32 Å². The Morgan fingerprint density at radius 3 is 0.974 bits per heavy atom. The Hall–Kier alpha value is -1.66. The lowest BCUT2D eigenvalue weighted by atomic mass is 10.0. The van der Waals surface area contributed by atoms with E-state index in [0.29, 0.717) is 25.9 Å². The van der Waals surface area contributed by atoms with E-state index < -0.39 is 12.1 Å². The summed E-state index contributed by atoms with van der Waals surface area (Å²) in [6.07, 6.45) is 85.2. The lowest BCUT2D eigenvalue weighted by molar-refractivity contribution is -0.143. The summed E-state index contributed by atoms with van der Waals surface area (Å²) in [4.78, 5) is 24.6. The molecule has 0 heterocycles. The van der Waals surface area contributed by atoms with Gasteiger partial charge < -0.3 is 20.3 Å². The van der Waals surface area contributed by atoms with Crippen LogP contribution >= 0.6 is 0 Å². The number of amides is 1. The SMILES string of the molecule is CCCCCCCCCCCCCCCCCC(=O)OCCCCCCCCCCC/C=C\C/C=C\CCCCCCCCCCCCCCCCCCCC(=O)NC(CO)C(O)CCCCCCCCCCCCCCC. The molecule has 0 saturated heterocycles. The summed E-state index contributed by atoms with van der Waals surface area (Å²) < 4.78 is 5.50. The van der Waals surface area contributed by atoms with Crippen LogP contribution in [0.1, 0.15) is 399 Å². The predicted molar refractivity (Wildman–Crippen MR) is 343 cm³/mol. The van der Waals surface area contributed by atoms with E-state index in [9.17, 15) is 19.8 Å². The number of unbranched alkanes of at least 4 members (excludes halogenated alkanes) is 52. The highest BCUT2D eigenvalue weighted by atomic mass is 16.5. The van der Waals surface area contributed by atoms with Gasteiger partial charge in [0.1, 0.15) is 0 Å². The Bertz CT molecular complexity index is 1220. The van der Waals surface area contributed by atoms with Gasteiger partial charge in [-0.3, -0.25) is 9.59 Å². The zero-order valence-electron chi connectivity index (χ0n) is 52.9. The van der Waals surface area contributed by atoms with Crippen LogP contribution in [0.25, 0.3) is 0 Å². The molecule has 0 rings (SSSR count). The summed E-state index contributed by atoms with van der Waals surface area (Å²) in [5, 5.41) is 23.3. The molecule has 0 radical (unpaired) electrons. The first-order valence-electron chi connectivity index (χ1n) is 35.6. The monoisotopic (exact) mass is 1100 g/mol. The summed E-state index contributed by atoms with van der Waals surface area (Å²) in [6.45, 7) is 4.98. The van der Waals surface area contributed by atoms with Crippen LogP contribution in [0, 0.1) is 0 Å². The Morgan fingerprint density at radius 2 is 0.641 bits per heavy atom. The number of carbonyl (C=O) groups is 2. The van der Waals surface area contributed by atoms with Gasteiger partial charge in [0, 0.05) is 12.8 Å². The molecule has 6 heteroatoms. The van der Waals surface area contributed by atoms with Crippen molar-refractivity contribution in [2.45, 2.75) is 411 Å². The third-order valence-corrected chi connectivity index (χ3v) is 16.8. The average molecular weight is 1100 g/mol. The van der Waals surface area contributed by atoms with E-state index in [2.05, 4.69) is 43.5 Å². The fraction of sp³-hybridized carbons (Fsp3) is 0.917. The molecule has 0 aromatic rings. The third-order valence-electron chi connectivity index (χ3n) is 16.8. The predicted octanol–water partition coefficient (Wildman–Crippen LogP) is 22.9. The van der Waals surface area contributed by atoms with E-state index in [1.807, 2.05) is 0 Å². The number of esters is 1. The average Bonchev–Trinajstić information content (AvgIpc) is 3.44. The van der Waals surface area contributed by atoms with Gasteiger partial charge in [0.2, 0.25) is 5.91 Å². The molecule has 462 valence electrons. The van der Waals surface area contributed by atoms with Crippen molar-refractivity contribution in [3.63, 3.8) is 0 Å². The smallest absolute Gasteiger partial charge is 0.305 e. The summed E-state index contributed by atoms with van der Waals surface area (Å²) in [7, 11) is 0. The van der Waals surface area contributed by atoms with Crippen LogP contribution in [-0.2, 0) is 14.3 Å². The molecule has 0 spiro atoms. The van der Waals surface area contributed by atoms with Crippen molar-refractivity contribution in [2.75, 3.05) is 13.2 Å². The minimum Gasteiger partial charge on any atom is -0.466 e. The van der Waals surface area contributed by atoms with E-state index in [0.717, 1.165) is 44.9 Å². The summed E-state index contributed by atoms with van der Waals surface area (Å²) >= 11 is 0. The first-order valence-corrected chi connectivity index (χ1v) is 35.6. The number of hydrogen-bond donors (Lipinski definition) is 3. The molecule has 3 N–H and O–H groups in total. The van der Waals surface area contributed by atoms with Gasteiger partial charge >= 0.3 is 5.97 Å². The maximum atomic E-state index is 12.5. The van der Waals surface area contributed by atoms with Crippen LogP contribution in [0.5, 0.6) is 0 Å². The fourth-order valence-electron chi connectivity index (χ4n) is 11.3. The van der Waals surface area contributed by atoms with Gasteiger partial charge in [0.05, 0.1) is 25.4 Å². The highest BCUT2D eigenvalue weighted by Gasteiger charge is 2.20. The first kappa shape index (κ1) is 76.3. The zero-order chi connectivity index (χ0) is 56.4. The van der Waals surface area contributed by atoms with Crippen molar-refractivity contribution in [3.05, 3.63) is 24.3 Å². The highest BCUT2D eigenvalue weighted by molar-refractivity contribution is 5.76. The summed E-state index contributed by atoms with van der Waals surface area (Å²) in [5.74, 6) is -0.0133. The van der Waals surface area contributed by atoms with E-state index >= 15 is 0 Å². The number of hydrogen-bond acceptors (Lipinski definition) is 5.